The van der Waals surface area contributed by atoms with Crippen LogP contribution in [0, 0.1) is 12.7 Å². The number of hydrogen-bond acceptors (Lipinski definition) is 3. The molecule has 1 saturated heterocycles. The summed E-state index contributed by atoms with van der Waals surface area (Å²) in [5.41, 5.74) is 2.98. The highest BCUT2D eigenvalue weighted by molar-refractivity contribution is 5.19. The molecule has 0 saturated carbocycles. The molecular weight excluding hydrogens is 305 g/mol. The fourth-order valence-electron chi connectivity index (χ4n) is 3.25. The molecule has 3 rings (SSSR count). The van der Waals surface area contributed by atoms with Crippen molar-refractivity contribution in [2.45, 2.75) is 52.4 Å². The van der Waals surface area contributed by atoms with Gasteiger partial charge in [-0.3, -0.25) is 9.58 Å². The fourth-order valence-corrected chi connectivity index (χ4v) is 3.25. The average Bonchev–Trinajstić information content (AvgIpc) is 3.20. The number of hydrogen-bond donors (Lipinski definition) is 0. The van der Waals surface area contributed by atoms with Gasteiger partial charge >= 0.3 is 0 Å². The third kappa shape index (κ3) is 4.22. The van der Waals surface area contributed by atoms with Crippen molar-refractivity contribution in [3.63, 3.8) is 0 Å². The molecule has 1 atom stereocenters. The van der Waals surface area contributed by atoms with E-state index in [4.69, 9.17) is 4.74 Å². The standard InChI is InChI=1S/C19H26FN3O/c1-3-23-13-17(15(2)21-23)12-22(14-18-8-6-10-24-18)11-16-7-4-5-9-19(16)20/h4-5,7,9,13,18H,3,6,8,10-12,14H2,1-2H3. The first-order valence-electron chi connectivity index (χ1n) is 8.76. The molecule has 1 aliphatic heterocycles. The monoisotopic (exact) mass is 331 g/mol. The minimum Gasteiger partial charge on any atom is -0.377 e. The van der Waals surface area contributed by atoms with Crippen LogP contribution in [-0.4, -0.2) is 33.9 Å². The minimum atomic E-state index is -0.143. The van der Waals surface area contributed by atoms with Crippen molar-refractivity contribution in [1.82, 2.24) is 14.7 Å². The van der Waals surface area contributed by atoms with E-state index in [0.717, 1.165) is 50.3 Å². The lowest BCUT2D eigenvalue weighted by Gasteiger charge is -2.25. The first-order chi connectivity index (χ1) is 11.7. The number of rotatable bonds is 7. The van der Waals surface area contributed by atoms with E-state index in [1.807, 2.05) is 23.7 Å². The van der Waals surface area contributed by atoms with E-state index in [1.54, 1.807) is 6.07 Å². The van der Waals surface area contributed by atoms with E-state index in [0.29, 0.717) is 6.54 Å². The molecule has 1 aromatic carbocycles. The second-order valence-corrected chi connectivity index (χ2v) is 6.49. The van der Waals surface area contributed by atoms with Gasteiger partial charge in [-0.05, 0) is 32.8 Å². The van der Waals surface area contributed by atoms with Gasteiger partial charge in [0, 0.05) is 50.1 Å². The van der Waals surface area contributed by atoms with Crippen LogP contribution in [0.2, 0.25) is 0 Å². The van der Waals surface area contributed by atoms with Crippen molar-refractivity contribution >= 4 is 0 Å². The van der Waals surface area contributed by atoms with E-state index >= 15 is 0 Å². The van der Waals surface area contributed by atoms with Gasteiger partial charge in [-0.2, -0.15) is 5.10 Å². The molecule has 0 amide bonds. The molecule has 4 nitrogen and oxygen atoms in total. The lowest BCUT2D eigenvalue weighted by molar-refractivity contribution is 0.0674. The van der Waals surface area contributed by atoms with E-state index < -0.39 is 0 Å². The topological polar surface area (TPSA) is 30.3 Å². The van der Waals surface area contributed by atoms with Crippen LogP contribution in [0.5, 0.6) is 0 Å². The van der Waals surface area contributed by atoms with Crippen molar-refractivity contribution in [1.29, 1.82) is 0 Å². The maximum absolute atomic E-state index is 14.1. The highest BCUT2D eigenvalue weighted by Crippen LogP contribution is 2.19. The van der Waals surface area contributed by atoms with Crippen LogP contribution >= 0.6 is 0 Å². The van der Waals surface area contributed by atoms with Crippen LogP contribution in [0.25, 0.3) is 0 Å². The van der Waals surface area contributed by atoms with Crippen molar-refractivity contribution < 1.29 is 9.13 Å². The maximum atomic E-state index is 14.1. The predicted molar refractivity (Wildman–Crippen MR) is 92.1 cm³/mol. The Morgan fingerprint density at radius 2 is 2.08 bits per heavy atom. The van der Waals surface area contributed by atoms with Crippen LogP contribution in [-0.2, 0) is 24.4 Å². The summed E-state index contributed by atoms with van der Waals surface area (Å²) in [6.07, 6.45) is 4.55. The molecule has 0 bridgehead atoms. The van der Waals surface area contributed by atoms with Crippen molar-refractivity contribution in [2.24, 2.45) is 0 Å². The highest BCUT2D eigenvalue weighted by Gasteiger charge is 2.21. The van der Waals surface area contributed by atoms with Crippen LogP contribution in [0.1, 0.15) is 36.6 Å². The highest BCUT2D eigenvalue weighted by atomic mass is 19.1. The van der Waals surface area contributed by atoms with Gasteiger partial charge in [-0.15, -0.1) is 0 Å². The van der Waals surface area contributed by atoms with Crippen molar-refractivity contribution in [3.05, 3.63) is 53.1 Å². The smallest absolute Gasteiger partial charge is 0.127 e. The number of aromatic nitrogens is 2. The molecule has 0 spiro atoms. The van der Waals surface area contributed by atoms with Crippen molar-refractivity contribution in [2.75, 3.05) is 13.2 Å². The van der Waals surface area contributed by atoms with Crippen LogP contribution in [0.4, 0.5) is 4.39 Å². The molecule has 2 heterocycles. The Balaban J connectivity index is 1.75. The molecule has 1 aliphatic rings. The zero-order valence-electron chi connectivity index (χ0n) is 14.5. The second kappa shape index (κ2) is 7.90. The van der Waals surface area contributed by atoms with Crippen LogP contribution in [0.3, 0.4) is 0 Å². The molecule has 0 radical (unpaired) electrons. The molecule has 1 unspecified atom stereocenters. The molecule has 24 heavy (non-hydrogen) atoms. The first-order valence-corrected chi connectivity index (χ1v) is 8.76. The van der Waals surface area contributed by atoms with Crippen molar-refractivity contribution in [3.8, 4) is 0 Å². The van der Waals surface area contributed by atoms with Gasteiger partial charge in [0.25, 0.3) is 0 Å². The maximum Gasteiger partial charge on any atom is 0.127 e. The first kappa shape index (κ1) is 17.1. The summed E-state index contributed by atoms with van der Waals surface area (Å²) in [5, 5.41) is 4.52. The van der Waals surface area contributed by atoms with E-state index in [-0.39, 0.29) is 11.9 Å². The Labute approximate surface area is 143 Å². The van der Waals surface area contributed by atoms with Gasteiger partial charge < -0.3 is 4.74 Å². The van der Waals surface area contributed by atoms with Gasteiger partial charge in [0.15, 0.2) is 0 Å². The molecule has 130 valence electrons. The van der Waals surface area contributed by atoms with Gasteiger partial charge in [0.05, 0.1) is 11.8 Å². The lowest BCUT2D eigenvalue weighted by Crippen LogP contribution is -2.31. The normalized spacial score (nSPS) is 17.8. The molecule has 2 aromatic rings. The molecule has 0 aliphatic carbocycles. The number of aryl methyl sites for hydroxylation is 2. The average molecular weight is 331 g/mol. The summed E-state index contributed by atoms with van der Waals surface area (Å²) in [7, 11) is 0. The number of nitrogens with zero attached hydrogens (tertiary/aromatic N) is 3. The summed E-state index contributed by atoms with van der Waals surface area (Å²) < 4.78 is 21.8. The summed E-state index contributed by atoms with van der Waals surface area (Å²) in [6.45, 7) is 7.99. The largest absolute Gasteiger partial charge is 0.377 e. The number of halogens is 1. The predicted octanol–water partition coefficient (Wildman–Crippen LogP) is 3.53. The van der Waals surface area contributed by atoms with Crippen LogP contribution in [0.15, 0.2) is 30.5 Å². The van der Waals surface area contributed by atoms with E-state index in [2.05, 4.69) is 23.1 Å². The second-order valence-electron chi connectivity index (χ2n) is 6.49. The fraction of sp³-hybridized carbons (Fsp3) is 0.526. The molecule has 1 aromatic heterocycles. The SMILES string of the molecule is CCn1cc(CN(Cc2ccccc2F)CC2CCCO2)c(C)n1. The zero-order chi connectivity index (χ0) is 16.9. The summed E-state index contributed by atoms with van der Waals surface area (Å²) in [5.74, 6) is -0.143. The Morgan fingerprint density at radius 3 is 2.75 bits per heavy atom. The molecular formula is C19H26FN3O. The lowest BCUT2D eigenvalue weighted by atomic mass is 10.1. The Bertz CT molecular complexity index is 664. The van der Waals surface area contributed by atoms with Gasteiger partial charge in [0.2, 0.25) is 0 Å². The summed E-state index contributed by atoms with van der Waals surface area (Å²) in [6, 6.07) is 7.02. The number of ether oxygens (including phenoxy) is 1. The van der Waals surface area contributed by atoms with Gasteiger partial charge in [0.1, 0.15) is 5.82 Å². The molecule has 5 heteroatoms. The van der Waals surface area contributed by atoms with Gasteiger partial charge in [-0.25, -0.2) is 4.39 Å². The van der Waals surface area contributed by atoms with Gasteiger partial charge in [-0.1, -0.05) is 18.2 Å². The zero-order valence-corrected chi connectivity index (χ0v) is 14.5. The molecule has 0 N–H and O–H groups in total. The minimum absolute atomic E-state index is 0.143. The third-order valence-corrected chi connectivity index (χ3v) is 4.60. The van der Waals surface area contributed by atoms with E-state index in [1.165, 1.54) is 11.6 Å². The Morgan fingerprint density at radius 1 is 1.29 bits per heavy atom. The Kier molecular flexibility index (Phi) is 5.63. The summed E-state index contributed by atoms with van der Waals surface area (Å²) in [4.78, 5) is 2.28. The molecule has 1 fully saturated rings. The Hall–Kier alpha value is -1.72. The van der Waals surface area contributed by atoms with E-state index in [9.17, 15) is 4.39 Å². The summed E-state index contributed by atoms with van der Waals surface area (Å²) >= 11 is 0. The third-order valence-electron chi connectivity index (χ3n) is 4.60. The van der Waals surface area contributed by atoms with Crippen LogP contribution < -0.4 is 0 Å². The quantitative estimate of drug-likeness (QED) is 0.777. The number of benzene rings is 1.